The Balaban J connectivity index is 1.25. The van der Waals surface area contributed by atoms with Crippen LogP contribution in [0.25, 0.3) is 16.5 Å². The van der Waals surface area contributed by atoms with E-state index >= 15 is 0 Å². The highest BCUT2D eigenvalue weighted by atomic mass is 32.1. The SMILES string of the molecule is COC1CCN(c2cnc(C(=O)Nc3csc(-c4nccn4[C@@H](C)C(F)(F)F)n3)cc2-n2cnc(C3CC3)c2)C1. The summed E-state index contributed by atoms with van der Waals surface area (Å²) in [5.41, 5.74) is 2.85. The molecule has 1 saturated carbocycles. The number of carbonyl (C=O) groups excluding carboxylic acids is 1. The number of pyridine rings is 1. The lowest BCUT2D eigenvalue weighted by Crippen LogP contribution is -2.24. The van der Waals surface area contributed by atoms with Crippen LogP contribution in [-0.4, -0.2) is 67.5 Å². The molecule has 1 unspecified atom stereocenters. The fourth-order valence-corrected chi connectivity index (χ4v) is 5.52. The predicted molar refractivity (Wildman–Crippen MR) is 143 cm³/mol. The van der Waals surface area contributed by atoms with E-state index in [2.05, 4.69) is 30.2 Å². The maximum atomic E-state index is 13.3. The third kappa shape index (κ3) is 5.20. The van der Waals surface area contributed by atoms with E-state index < -0.39 is 18.1 Å². The van der Waals surface area contributed by atoms with Crippen molar-refractivity contribution in [3.8, 4) is 16.5 Å². The molecule has 1 aliphatic carbocycles. The summed E-state index contributed by atoms with van der Waals surface area (Å²) < 4.78 is 48.3. The van der Waals surface area contributed by atoms with E-state index in [1.54, 1.807) is 31.1 Å². The van der Waals surface area contributed by atoms with E-state index in [1.807, 2.05) is 10.8 Å². The number of anilines is 2. The van der Waals surface area contributed by atoms with Crippen LogP contribution < -0.4 is 10.2 Å². The van der Waals surface area contributed by atoms with Gasteiger partial charge in [0.2, 0.25) is 0 Å². The molecule has 10 nitrogen and oxygen atoms in total. The molecular weight excluding hydrogens is 545 g/mol. The van der Waals surface area contributed by atoms with Crippen LogP contribution in [0.5, 0.6) is 0 Å². The fourth-order valence-electron chi connectivity index (χ4n) is 4.77. The molecule has 40 heavy (non-hydrogen) atoms. The van der Waals surface area contributed by atoms with E-state index in [0.717, 1.165) is 65.7 Å². The normalized spacial score (nSPS) is 18.3. The Bertz CT molecular complexity index is 1530. The first kappa shape index (κ1) is 26.4. The first-order valence-corrected chi connectivity index (χ1v) is 13.8. The van der Waals surface area contributed by atoms with Crippen molar-refractivity contribution in [3.63, 3.8) is 0 Å². The Kier molecular flexibility index (Phi) is 6.82. The van der Waals surface area contributed by atoms with E-state index in [4.69, 9.17) is 4.74 Å². The molecule has 5 heterocycles. The summed E-state index contributed by atoms with van der Waals surface area (Å²) in [6, 6.07) is -0.0554. The largest absolute Gasteiger partial charge is 0.408 e. The molecule has 4 aromatic rings. The molecule has 210 valence electrons. The zero-order chi connectivity index (χ0) is 28.0. The van der Waals surface area contributed by atoms with Gasteiger partial charge >= 0.3 is 6.18 Å². The summed E-state index contributed by atoms with van der Waals surface area (Å²) in [6.45, 7) is 2.57. The number of methoxy groups -OCH3 is 1. The van der Waals surface area contributed by atoms with Gasteiger partial charge in [-0.1, -0.05) is 0 Å². The molecule has 4 aromatic heterocycles. The van der Waals surface area contributed by atoms with Gasteiger partial charge in [0.15, 0.2) is 10.8 Å². The molecule has 14 heteroatoms. The van der Waals surface area contributed by atoms with Crippen molar-refractivity contribution in [1.29, 1.82) is 0 Å². The smallest absolute Gasteiger partial charge is 0.380 e. The summed E-state index contributed by atoms with van der Waals surface area (Å²) in [5, 5.41) is 4.54. The number of halogens is 3. The average molecular weight is 573 g/mol. The lowest BCUT2D eigenvalue weighted by Gasteiger charge is -2.22. The van der Waals surface area contributed by atoms with Gasteiger partial charge < -0.3 is 24.1 Å². The topological polar surface area (TPSA) is 103 Å². The van der Waals surface area contributed by atoms with Crippen LogP contribution in [0.3, 0.4) is 0 Å². The first-order chi connectivity index (χ1) is 19.2. The minimum atomic E-state index is -4.44. The van der Waals surface area contributed by atoms with Crippen molar-refractivity contribution < 1.29 is 22.7 Å². The van der Waals surface area contributed by atoms with Gasteiger partial charge in [-0.15, -0.1) is 11.3 Å². The van der Waals surface area contributed by atoms with Gasteiger partial charge in [-0.05, 0) is 32.3 Å². The standard InChI is InChI=1S/C26H27F3N8O2S/c1-15(26(27,28)29)37-8-6-30-23(37)25-34-22(13-40-25)33-24(38)18-9-20(36-12-19(32-14-36)16-3-4-16)21(10-31-18)35-7-5-17(11-35)39-2/h6,8-10,12-17H,3-5,7,11H2,1-2H3,(H,33,38)/t15-,17?/m0/s1. The second kappa shape index (κ2) is 10.3. The van der Waals surface area contributed by atoms with E-state index in [9.17, 15) is 18.0 Å². The third-order valence-corrected chi connectivity index (χ3v) is 8.12. The minimum absolute atomic E-state index is 0.0756. The van der Waals surface area contributed by atoms with Crippen molar-refractivity contribution in [2.75, 3.05) is 30.4 Å². The molecular formula is C26H27F3N8O2S. The first-order valence-electron chi connectivity index (χ1n) is 12.9. The summed E-state index contributed by atoms with van der Waals surface area (Å²) >= 11 is 1.09. The number of imidazole rings is 2. The molecule has 2 aliphatic rings. The van der Waals surface area contributed by atoms with E-state index in [-0.39, 0.29) is 28.4 Å². The summed E-state index contributed by atoms with van der Waals surface area (Å²) in [4.78, 5) is 32.8. The average Bonchev–Trinajstić information content (AvgIpc) is 3.40. The number of ether oxygens (including phenoxy) is 1. The molecule has 0 aromatic carbocycles. The van der Waals surface area contributed by atoms with Crippen LogP contribution in [0, 0.1) is 0 Å². The maximum Gasteiger partial charge on any atom is 0.408 e. The Morgan fingerprint density at radius 2 is 2.02 bits per heavy atom. The van der Waals surface area contributed by atoms with Crippen LogP contribution in [0.4, 0.5) is 24.7 Å². The molecule has 1 aliphatic heterocycles. The van der Waals surface area contributed by atoms with Crippen molar-refractivity contribution in [3.05, 3.63) is 53.9 Å². The number of hydrogen-bond donors (Lipinski definition) is 1. The van der Waals surface area contributed by atoms with Crippen LogP contribution in [0.1, 0.15) is 54.3 Å². The molecule has 1 saturated heterocycles. The highest BCUT2D eigenvalue weighted by molar-refractivity contribution is 7.13. The van der Waals surface area contributed by atoms with Crippen LogP contribution in [0.2, 0.25) is 0 Å². The third-order valence-electron chi connectivity index (χ3n) is 7.29. The highest BCUT2D eigenvalue weighted by Gasteiger charge is 2.38. The highest BCUT2D eigenvalue weighted by Crippen LogP contribution is 2.40. The summed E-state index contributed by atoms with van der Waals surface area (Å²) in [5.74, 6) is 0.266. The Morgan fingerprint density at radius 1 is 1.20 bits per heavy atom. The zero-order valence-electron chi connectivity index (χ0n) is 21.8. The number of alkyl halides is 3. The second-order valence-electron chi connectivity index (χ2n) is 10.00. The Hall–Kier alpha value is -3.78. The lowest BCUT2D eigenvalue weighted by molar-refractivity contribution is -0.162. The number of carbonyl (C=O) groups is 1. The van der Waals surface area contributed by atoms with Gasteiger partial charge in [0, 0.05) is 50.1 Å². The number of nitrogens with zero attached hydrogens (tertiary/aromatic N) is 7. The number of hydrogen-bond acceptors (Lipinski definition) is 8. The molecule has 2 atom stereocenters. The lowest BCUT2D eigenvalue weighted by atomic mass is 10.2. The van der Waals surface area contributed by atoms with Crippen LogP contribution in [0.15, 0.2) is 42.6 Å². The van der Waals surface area contributed by atoms with E-state index in [0.29, 0.717) is 12.5 Å². The maximum absolute atomic E-state index is 13.3. The van der Waals surface area contributed by atoms with Gasteiger partial charge in [0.1, 0.15) is 17.6 Å². The number of nitrogens with one attached hydrogen (secondary N) is 1. The summed E-state index contributed by atoms with van der Waals surface area (Å²) in [6.07, 6.45) is 6.82. The zero-order valence-corrected chi connectivity index (χ0v) is 22.6. The molecule has 0 bridgehead atoms. The number of amides is 1. The van der Waals surface area contributed by atoms with Crippen LogP contribution in [-0.2, 0) is 4.74 Å². The minimum Gasteiger partial charge on any atom is -0.380 e. The quantitative estimate of drug-likeness (QED) is 0.315. The van der Waals surface area contributed by atoms with Gasteiger partial charge in [0.25, 0.3) is 5.91 Å². The van der Waals surface area contributed by atoms with Gasteiger partial charge in [-0.3, -0.25) is 4.79 Å². The number of rotatable bonds is 8. The fraction of sp³-hybridized carbons (Fsp3) is 0.423. The van der Waals surface area contributed by atoms with Gasteiger partial charge in [-0.25, -0.2) is 19.9 Å². The molecule has 2 fully saturated rings. The Labute approximate surface area is 231 Å². The van der Waals surface area contributed by atoms with Gasteiger partial charge in [-0.2, -0.15) is 13.2 Å². The predicted octanol–water partition coefficient (Wildman–Crippen LogP) is 5.07. The van der Waals surface area contributed by atoms with Gasteiger partial charge in [0.05, 0.1) is 35.7 Å². The Morgan fingerprint density at radius 3 is 2.75 bits per heavy atom. The summed E-state index contributed by atoms with van der Waals surface area (Å²) in [7, 11) is 1.70. The number of aromatic nitrogens is 6. The van der Waals surface area contributed by atoms with Crippen LogP contribution >= 0.6 is 11.3 Å². The molecule has 1 N–H and O–H groups in total. The molecule has 6 rings (SSSR count). The second-order valence-corrected chi connectivity index (χ2v) is 10.9. The van der Waals surface area contributed by atoms with E-state index in [1.165, 1.54) is 12.4 Å². The molecule has 1 amide bonds. The van der Waals surface area contributed by atoms with Crippen molar-refractivity contribution in [2.45, 2.75) is 50.4 Å². The van der Waals surface area contributed by atoms with Crippen molar-refractivity contribution in [2.24, 2.45) is 0 Å². The van der Waals surface area contributed by atoms with Crippen molar-refractivity contribution in [1.82, 2.24) is 29.1 Å². The number of thiazole rings is 1. The van der Waals surface area contributed by atoms with Crippen molar-refractivity contribution >= 4 is 28.7 Å². The molecule has 0 spiro atoms. The monoisotopic (exact) mass is 572 g/mol. The molecule has 0 radical (unpaired) electrons.